The van der Waals surface area contributed by atoms with E-state index >= 15 is 0 Å². The van der Waals surface area contributed by atoms with E-state index in [9.17, 15) is 13.6 Å². The lowest BCUT2D eigenvalue weighted by atomic mass is 9.83. The predicted molar refractivity (Wildman–Crippen MR) is 114 cm³/mol. The summed E-state index contributed by atoms with van der Waals surface area (Å²) in [4.78, 5) is 15.1. The first-order valence-electron chi connectivity index (χ1n) is 10.0. The third-order valence-electron chi connectivity index (χ3n) is 5.62. The van der Waals surface area contributed by atoms with E-state index in [1.807, 2.05) is 6.92 Å². The molecule has 7 heteroatoms. The molecule has 1 saturated heterocycles. The summed E-state index contributed by atoms with van der Waals surface area (Å²) < 4.78 is 34.6. The maximum atomic E-state index is 14.7. The fourth-order valence-corrected chi connectivity index (χ4v) is 4.16. The Kier molecular flexibility index (Phi) is 7.11. The van der Waals surface area contributed by atoms with Crippen LogP contribution < -0.4 is 5.32 Å². The molecule has 0 spiro atoms. The number of carbonyl (C=O) groups excluding carboxylic acids is 1. The second-order valence-electron chi connectivity index (χ2n) is 8.14. The first-order chi connectivity index (χ1) is 14.2. The highest BCUT2D eigenvalue weighted by atomic mass is 35.5. The molecule has 0 bridgehead atoms. The van der Waals surface area contributed by atoms with Crippen LogP contribution in [-0.2, 0) is 14.9 Å². The van der Waals surface area contributed by atoms with Crippen LogP contribution >= 0.6 is 11.6 Å². The molecular formula is C23H27ClF2N2O2. The van der Waals surface area contributed by atoms with Crippen LogP contribution in [0.2, 0.25) is 5.02 Å². The number of nitrogens with one attached hydrogen (secondary N) is 1. The molecule has 0 radical (unpaired) electrons. The topological polar surface area (TPSA) is 41.6 Å². The van der Waals surface area contributed by atoms with E-state index in [1.165, 1.54) is 12.1 Å². The summed E-state index contributed by atoms with van der Waals surface area (Å²) >= 11 is 6.34. The fraction of sp³-hybridized carbons (Fsp3) is 0.435. The number of morpholine rings is 1. The highest BCUT2D eigenvalue weighted by Gasteiger charge is 2.34. The molecule has 3 rings (SSSR count). The number of halogens is 3. The van der Waals surface area contributed by atoms with Crippen molar-refractivity contribution in [1.82, 2.24) is 10.2 Å². The van der Waals surface area contributed by atoms with Crippen LogP contribution in [0.15, 0.2) is 42.5 Å². The number of nitrogens with zero attached hydrogens (tertiary/aromatic N) is 1. The van der Waals surface area contributed by atoms with E-state index in [-0.39, 0.29) is 18.6 Å². The molecule has 2 atom stereocenters. The van der Waals surface area contributed by atoms with E-state index in [0.29, 0.717) is 35.8 Å². The quantitative estimate of drug-likeness (QED) is 0.726. The maximum Gasteiger partial charge on any atom is 0.230 e. The number of hydrogen-bond donors (Lipinski definition) is 1. The minimum absolute atomic E-state index is 0.0163. The summed E-state index contributed by atoms with van der Waals surface area (Å²) in [6.07, 6.45) is -0.0163. The molecule has 0 saturated carbocycles. The van der Waals surface area contributed by atoms with Crippen molar-refractivity contribution in [2.75, 3.05) is 26.2 Å². The van der Waals surface area contributed by atoms with Crippen LogP contribution in [0, 0.1) is 11.6 Å². The summed E-state index contributed by atoms with van der Waals surface area (Å²) in [5.41, 5.74) is -0.437. The van der Waals surface area contributed by atoms with Crippen molar-refractivity contribution in [3.63, 3.8) is 0 Å². The zero-order valence-electron chi connectivity index (χ0n) is 17.4. The summed E-state index contributed by atoms with van der Waals surface area (Å²) in [6, 6.07) is 10.3. The van der Waals surface area contributed by atoms with Crippen LogP contribution in [0.4, 0.5) is 8.78 Å². The number of amides is 1. The van der Waals surface area contributed by atoms with Gasteiger partial charge in [-0.3, -0.25) is 9.69 Å². The maximum absolute atomic E-state index is 14.7. The Hall–Kier alpha value is -2.02. The van der Waals surface area contributed by atoms with Gasteiger partial charge in [-0.1, -0.05) is 35.9 Å². The Bertz CT molecular complexity index is 886. The predicted octanol–water partition coefficient (Wildman–Crippen LogP) is 4.47. The number of benzene rings is 2. The van der Waals surface area contributed by atoms with E-state index in [1.54, 1.807) is 44.2 Å². The molecule has 1 aliphatic heterocycles. The first-order valence-corrected chi connectivity index (χ1v) is 10.4. The molecule has 162 valence electrons. The standard InChI is InChI=1S/C23H27ClF2N2O2/c1-15-14-28(11-12-30-15)20(21-17(24)8-6-10-19(21)26)13-27-22(29)23(2,3)16-7-4-5-9-18(16)25/h4-10,15,20H,11-14H2,1-3H3,(H,27,29). The third-order valence-corrected chi connectivity index (χ3v) is 5.95. The van der Waals surface area contributed by atoms with Gasteiger partial charge in [0.2, 0.25) is 5.91 Å². The Morgan fingerprint density at radius 2 is 1.93 bits per heavy atom. The van der Waals surface area contributed by atoms with E-state index < -0.39 is 23.1 Å². The highest BCUT2D eigenvalue weighted by molar-refractivity contribution is 6.31. The summed E-state index contributed by atoms with van der Waals surface area (Å²) in [7, 11) is 0. The second-order valence-corrected chi connectivity index (χ2v) is 8.55. The van der Waals surface area contributed by atoms with Gasteiger partial charge in [-0.2, -0.15) is 0 Å². The average molecular weight is 437 g/mol. The van der Waals surface area contributed by atoms with Gasteiger partial charge in [-0.25, -0.2) is 8.78 Å². The van der Waals surface area contributed by atoms with Gasteiger partial charge in [0.15, 0.2) is 0 Å². The first kappa shape index (κ1) is 22.7. The summed E-state index contributed by atoms with van der Waals surface area (Å²) in [6.45, 7) is 7.12. The average Bonchev–Trinajstić information content (AvgIpc) is 2.70. The molecule has 2 aromatic rings. The summed E-state index contributed by atoms with van der Waals surface area (Å²) in [5.74, 6) is -1.20. The Morgan fingerprint density at radius 1 is 1.23 bits per heavy atom. The van der Waals surface area contributed by atoms with E-state index in [0.717, 1.165) is 0 Å². The molecule has 0 aliphatic carbocycles. The SMILES string of the molecule is CC1CN(C(CNC(=O)C(C)(C)c2ccccc2F)c2c(F)cccc2Cl)CCO1. The number of carbonyl (C=O) groups is 1. The van der Waals surface area contributed by atoms with Gasteiger partial charge in [-0.15, -0.1) is 0 Å². The molecule has 0 aromatic heterocycles. The minimum Gasteiger partial charge on any atom is -0.376 e. The smallest absolute Gasteiger partial charge is 0.230 e. The molecule has 1 amide bonds. The number of rotatable bonds is 6. The Balaban J connectivity index is 1.85. The third kappa shape index (κ3) is 4.82. The summed E-state index contributed by atoms with van der Waals surface area (Å²) in [5, 5.41) is 3.21. The second kappa shape index (κ2) is 9.41. The van der Waals surface area contributed by atoms with Crippen LogP contribution in [0.5, 0.6) is 0 Å². The van der Waals surface area contributed by atoms with Gasteiger partial charge < -0.3 is 10.1 Å². The van der Waals surface area contributed by atoms with Crippen molar-refractivity contribution in [3.05, 3.63) is 70.2 Å². The fourth-order valence-electron chi connectivity index (χ4n) is 3.87. The molecule has 30 heavy (non-hydrogen) atoms. The normalized spacial score (nSPS) is 18.8. The molecule has 2 unspecified atom stereocenters. The van der Waals surface area contributed by atoms with Gasteiger partial charge in [0.25, 0.3) is 0 Å². The van der Waals surface area contributed by atoms with Crippen LogP contribution in [0.3, 0.4) is 0 Å². The van der Waals surface area contributed by atoms with E-state index in [4.69, 9.17) is 16.3 Å². The lowest BCUT2D eigenvalue weighted by molar-refractivity contribution is -0.126. The van der Waals surface area contributed by atoms with Gasteiger partial charge in [0, 0.05) is 35.8 Å². The minimum atomic E-state index is -1.09. The molecule has 4 nitrogen and oxygen atoms in total. The van der Waals surface area contributed by atoms with Gasteiger partial charge in [-0.05, 0) is 39.0 Å². The van der Waals surface area contributed by atoms with Crippen molar-refractivity contribution in [2.24, 2.45) is 0 Å². The number of ether oxygens (including phenoxy) is 1. The molecule has 1 aliphatic rings. The van der Waals surface area contributed by atoms with E-state index in [2.05, 4.69) is 10.2 Å². The lowest BCUT2D eigenvalue weighted by Gasteiger charge is -2.38. The van der Waals surface area contributed by atoms with Crippen LogP contribution in [0.1, 0.15) is 37.9 Å². The van der Waals surface area contributed by atoms with Crippen molar-refractivity contribution in [2.45, 2.75) is 38.3 Å². The van der Waals surface area contributed by atoms with Crippen molar-refractivity contribution >= 4 is 17.5 Å². The highest BCUT2D eigenvalue weighted by Crippen LogP contribution is 2.32. The van der Waals surface area contributed by atoms with Gasteiger partial charge >= 0.3 is 0 Å². The zero-order chi connectivity index (χ0) is 21.9. The Morgan fingerprint density at radius 3 is 2.60 bits per heavy atom. The number of hydrogen-bond acceptors (Lipinski definition) is 3. The van der Waals surface area contributed by atoms with Crippen molar-refractivity contribution in [1.29, 1.82) is 0 Å². The molecule has 1 fully saturated rings. The van der Waals surface area contributed by atoms with Gasteiger partial charge in [0.1, 0.15) is 11.6 Å². The van der Waals surface area contributed by atoms with Crippen LogP contribution in [-0.4, -0.2) is 43.2 Å². The monoisotopic (exact) mass is 436 g/mol. The molecule has 1 heterocycles. The lowest BCUT2D eigenvalue weighted by Crippen LogP contribution is -2.49. The van der Waals surface area contributed by atoms with Crippen LogP contribution in [0.25, 0.3) is 0 Å². The van der Waals surface area contributed by atoms with Crippen molar-refractivity contribution < 1.29 is 18.3 Å². The molecule has 2 aromatic carbocycles. The molecule has 1 N–H and O–H groups in total. The van der Waals surface area contributed by atoms with Crippen molar-refractivity contribution in [3.8, 4) is 0 Å². The largest absolute Gasteiger partial charge is 0.376 e. The molecular weight excluding hydrogens is 410 g/mol. The zero-order valence-corrected chi connectivity index (χ0v) is 18.2. The van der Waals surface area contributed by atoms with Gasteiger partial charge in [0.05, 0.1) is 24.2 Å². The Labute approximate surface area is 181 Å².